The third kappa shape index (κ3) is 2.08. The molecule has 0 aliphatic heterocycles. The van der Waals surface area contributed by atoms with E-state index < -0.39 is 0 Å². The fraction of sp³-hybridized carbons (Fsp3) is 0.0909. The largest absolute Gasteiger partial charge is 0.508 e. The van der Waals surface area contributed by atoms with Crippen LogP contribution >= 0.6 is 22.6 Å². The van der Waals surface area contributed by atoms with E-state index in [0.717, 1.165) is 0 Å². The van der Waals surface area contributed by atoms with Crippen molar-refractivity contribution in [2.24, 2.45) is 0 Å². The second kappa shape index (κ2) is 4.25. The van der Waals surface area contributed by atoms with E-state index >= 15 is 0 Å². The zero-order valence-electron chi connectivity index (χ0n) is 8.49. The third-order valence-corrected chi connectivity index (χ3v) is 3.42. The Morgan fingerprint density at radius 2 is 2.19 bits per heavy atom. The molecule has 5 heteroatoms. The number of aromatic amines is 1. The Morgan fingerprint density at radius 1 is 1.44 bits per heavy atom. The van der Waals surface area contributed by atoms with Crippen LogP contribution in [-0.4, -0.2) is 15.1 Å². The first-order valence-electron chi connectivity index (χ1n) is 4.64. The second-order valence-corrected chi connectivity index (χ2v) is 4.44. The molecular formula is C11H9IN2O2. The van der Waals surface area contributed by atoms with Crippen LogP contribution in [-0.2, 0) is 0 Å². The van der Waals surface area contributed by atoms with Crippen LogP contribution in [0.2, 0.25) is 0 Å². The van der Waals surface area contributed by atoms with Crippen LogP contribution < -0.4 is 5.56 Å². The Labute approximate surface area is 106 Å². The summed E-state index contributed by atoms with van der Waals surface area (Å²) < 4.78 is 0.585. The maximum Gasteiger partial charge on any atom is 0.264 e. The van der Waals surface area contributed by atoms with Gasteiger partial charge in [0, 0.05) is 5.56 Å². The molecule has 0 aliphatic carbocycles. The smallest absolute Gasteiger partial charge is 0.264 e. The summed E-state index contributed by atoms with van der Waals surface area (Å²) in [6, 6.07) is 6.62. The molecule has 4 nitrogen and oxygen atoms in total. The van der Waals surface area contributed by atoms with Crippen LogP contribution in [0.5, 0.6) is 5.75 Å². The molecular weight excluding hydrogens is 319 g/mol. The highest BCUT2D eigenvalue weighted by Crippen LogP contribution is 2.19. The monoisotopic (exact) mass is 328 g/mol. The van der Waals surface area contributed by atoms with Gasteiger partial charge in [-0.2, -0.15) is 0 Å². The number of rotatable bonds is 1. The van der Waals surface area contributed by atoms with E-state index in [-0.39, 0.29) is 11.3 Å². The summed E-state index contributed by atoms with van der Waals surface area (Å²) in [7, 11) is 0. The lowest BCUT2D eigenvalue weighted by Gasteiger charge is -2.03. The summed E-state index contributed by atoms with van der Waals surface area (Å²) in [4.78, 5) is 18.5. The molecule has 16 heavy (non-hydrogen) atoms. The number of H-pyrrole nitrogens is 1. The second-order valence-electron chi connectivity index (χ2n) is 3.36. The van der Waals surface area contributed by atoms with Gasteiger partial charge >= 0.3 is 0 Å². The fourth-order valence-electron chi connectivity index (χ4n) is 1.36. The average Bonchev–Trinajstić information content (AvgIpc) is 2.25. The first kappa shape index (κ1) is 11.1. The van der Waals surface area contributed by atoms with E-state index in [2.05, 4.69) is 9.97 Å². The average molecular weight is 328 g/mol. The summed E-state index contributed by atoms with van der Waals surface area (Å²) in [5.74, 6) is 0.621. The molecule has 0 unspecified atom stereocenters. The van der Waals surface area contributed by atoms with Gasteiger partial charge in [-0.05, 0) is 41.6 Å². The zero-order chi connectivity index (χ0) is 11.7. The van der Waals surface area contributed by atoms with Crippen molar-refractivity contribution in [3.63, 3.8) is 0 Å². The van der Waals surface area contributed by atoms with Crippen molar-refractivity contribution in [3.8, 4) is 17.1 Å². The number of aryl methyl sites for hydroxylation is 1. The zero-order valence-corrected chi connectivity index (χ0v) is 10.6. The summed E-state index contributed by atoms with van der Waals surface area (Å²) in [5, 5.41) is 9.35. The minimum Gasteiger partial charge on any atom is -0.508 e. The first-order chi connectivity index (χ1) is 7.58. The third-order valence-electron chi connectivity index (χ3n) is 2.15. The molecule has 0 spiro atoms. The summed E-state index contributed by atoms with van der Waals surface area (Å²) >= 11 is 1.96. The number of nitrogens with zero attached hydrogens (tertiary/aromatic N) is 1. The molecule has 0 atom stereocenters. The van der Waals surface area contributed by atoms with E-state index in [9.17, 15) is 9.90 Å². The molecule has 0 aliphatic rings. The van der Waals surface area contributed by atoms with Gasteiger partial charge in [-0.1, -0.05) is 12.1 Å². The van der Waals surface area contributed by atoms with Crippen molar-refractivity contribution in [2.45, 2.75) is 6.92 Å². The number of phenolic OH excluding ortho intramolecular Hbond substituents is 1. The van der Waals surface area contributed by atoms with Crippen molar-refractivity contribution in [1.29, 1.82) is 0 Å². The van der Waals surface area contributed by atoms with Crippen LogP contribution in [0.3, 0.4) is 0 Å². The molecule has 0 bridgehead atoms. The first-order valence-corrected chi connectivity index (χ1v) is 5.71. The van der Waals surface area contributed by atoms with E-state index in [1.165, 1.54) is 0 Å². The molecule has 0 amide bonds. The van der Waals surface area contributed by atoms with Gasteiger partial charge in [0.2, 0.25) is 0 Å². The molecule has 1 aromatic carbocycles. The summed E-state index contributed by atoms with van der Waals surface area (Å²) in [6.07, 6.45) is 0. The van der Waals surface area contributed by atoms with E-state index in [4.69, 9.17) is 0 Å². The number of halogens is 1. The maximum atomic E-state index is 11.6. The predicted octanol–water partition coefficient (Wildman–Crippen LogP) is 2.06. The van der Waals surface area contributed by atoms with Gasteiger partial charge in [0.25, 0.3) is 5.56 Å². The highest BCUT2D eigenvalue weighted by atomic mass is 127. The molecule has 1 heterocycles. The van der Waals surface area contributed by atoms with Crippen molar-refractivity contribution in [1.82, 2.24) is 9.97 Å². The molecule has 82 valence electrons. The topological polar surface area (TPSA) is 66.0 Å². The van der Waals surface area contributed by atoms with E-state index in [0.29, 0.717) is 20.7 Å². The lowest BCUT2D eigenvalue weighted by atomic mass is 10.2. The van der Waals surface area contributed by atoms with Crippen molar-refractivity contribution in [3.05, 3.63) is 43.9 Å². The number of aromatic nitrogens is 2. The van der Waals surface area contributed by atoms with Crippen LogP contribution in [0.15, 0.2) is 29.1 Å². The van der Waals surface area contributed by atoms with Crippen LogP contribution in [0, 0.1) is 10.5 Å². The highest BCUT2D eigenvalue weighted by molar-refractivity contribution is 14.1. The van der Waals surface area contributed by atoms with Crippen LogP contribution in [0.25, 0.3) is 11.4 Å². The maximum absolute atomic E-state index is 11.6. The molecule has 0 saturated heterocycles. The van der Waals surface area contributed by atoms with E-state index in [1.54, 1.807) is 31.2 Å². The number of phenols is 1. The molecule has 2 N–H and O–H groups in total. The van der Waals surface area contributed by atoms with Gasteiger partial charge < -0.3 is 10.1 Å². The Morgan fingerprint density at radius 3 is 2.81 bits per heavy atom. The van der Waals surface area contributed by atoms with Gasteiger partial charge in [0.15, 0.2) is 0 Å². The van der Waals surface area contributed by atoms with Gasteiger partial charge in [0.05, 0.1) is 9.26 Å². The summed E-state index contributed by atoms with van der Waals surface area (Å²) in [6.45, 7) is 1.78. The van der Waals surface area contributed by atoms with Crippen molar-refractivity contribution >= 4 is 22.6 Å². The minimum atomic E-state index is -0.161. The number of hydrogen-bond donors (Lipinski definition) is 2. The quantitative estimate of drug-likeness (QED) is 0.788. The minimum absolute atomic E-state index is 0.149. The van der Waals surface area contributed by atoms with Crippen LogP contribution in [0.4, 0.5) is 0 Å². The summed E-state index contributed by atoms with van der Waals surface area (Å²) in [5.41, 5.74) is 1.21. The fourth-order valence-corrected chi connectivity index (χ4v) is 1.62. The SMILES string of the molecule is Cc1nc(-c2cccc(O)c2)[nH]c(=O)c1I. The lowest BCUT2D eigenvalue weighted by Crippen LogP contribution is -2.14. The Bertz CT molecular complexity index is 593. The molecule has 1 aromatic heterocycles. The highest BCUT2D eigenvalue weighted by Gasteiger charge is 2.06. The molecule has 0 saturated carbocycles. The van der Waals surface area contributed by atoms with E-state index in [1.807, 2.05) is 22.6 Å². The Kier molecular flexibility index (Phi) is 2.95. The lowest BCUT2D eigenvalue weighted by molar-refractivity contribution is 0.475. The van der Waals surface area contributed by atoms with Crippen LogP contribution in [0.1, 0.15) is 5.69 Å². The number of nitrogens with one attached hydrogen (secondary N) is 1. The van der Waals surface area contributed by atoms with Gasteiger partial charge in [-0.15, -0.1) is 0 Å². The molecule has 2 rings (SSSR count). The van der Waals surface area contributed by atoms with Crippen molar-refractivity contribution in [2.75, 3.05) is 0 Å². The normalized spacial score (nSPS) is 10.4. The molecule has 0 fully saturated rings. The number of aromatic hydroxyl groups is 1. The predicted molar refractivity (Wildman–Crippen MR) is 69.4 cm³/mol. The standard InChI is InChI=1S/C11H9IN2O2/c1-6-9(12)11(16)14-10(13-6)7-3-2-4-8(15)5-7/h2-5,15H,1H3,(H,13,14,16). The van der Waals surface area contributed by atoms with Gasteiger partial charge in [-0.25, -0.2) is 4.98 Å². The Hall–Kier alpha value is -1.37. The number of benzene rings is 1. The molecule has 2 aromatic rings. The van der Waals surface area contributed by atoms with Crippen molar-refractivity contribution < 1.29 is 5.11 Å². The molecule has 0 radical (unpaired) electrons. The van der Waals surface area contributed by atoms with Gasteiger partial charge in [0.1, 0.15) is 11.6 Å². The van der Waals surface area contributed by atoms with Gasteiger partial charge in [-0.3, -0.25) is 4.79 Å². The number of hydrogen-bond acceptors (Lipinski definition) is 3. The Balaban J connectivity index is 2.61.